The SMILES string of the molecule is N#CC#Cc1csc(Br)c1. The summed E-state index contributed by atoms with van der Waals surface area (Å²) in [7, 11) is 0. The van der Waals surface area contributed by atoms with Gasteiger partial charge in [-0.2, -0.15) is 5.26 Å². The average molecular weight is 212 g/mol. The molecule has 0 aliphatic carbocycles. The van der Waals surface area contributed by atoms with Crippen LogP contribution in [0, 0.1) is 23.2 Å². The van der Waals surface area contributed by atoms with Crippen LogP contribution >= 0.6 is 27.3 Å². The molecule has 0 amide bonds. The molecule has 0 fully saturated rings. The molecule has 1 aromatic rings. The zero-order valence-electron chi connectivity index (χ0n) is 4.89. The van der Waals surface area contributed by atoms with E-state index in [9.17, 15) is 0 Å². The van der Waals surface area contributed by atoms with Gasteiger partial charge in [0.15, 0.2) is 6.07 Å². The first kappa shape index (κ1) is 7.34. The van der Waals surface area contributed by atoms with Crippen molar-refractivity contribution in [2.45, 2.75) is 0 Å². The lowest BCUT2D eigenvalue weighted by Crippen LogP contribution is -1.59. The summed E-state index contributed by atoms with van der Waals surface area (Å²) in [6.45, 7) is 0. The van der Waals surface area contributed by atoms with Crippen molar-refractivity contribution in [3.8, 4) is 17.9 Å². The normalized spacial score (nSPS) is 7.60. The molecule has 0 aromatic carbocycles. The molecule has 0 radical (unpaired) electrons. The van der Waals surface area contributed by atoms with E-state index in [4.69, 9.17) is 5.26 Å². The summed E-state index contributed by atoms with van der Waals surface area (Å²) in [5, 5.41) is 10.00. The van der Waals surface area contributed by atoms with E-state index in [0.29, 0.717) is 0 Å². The molecule has 1 nitrogen and oxygen atoms in total. The van der Waals surface area contributed by atoms with Crippen LogP contribution in [0.5, 0.6) is 0 Å². The fourth-order valence-electron chi connectivity index (χ4n) is 0.476. The first-order chi connectivity index (χ1) is 4.83. The summed E-state index contributed by atoms with van der Waals surface area (Å²) in [5.74, 6) is 5.00. The Kier molecular flexibility index (Phi) is 2.50. The van der Waals surface area contributed by atoms with Crippen molar-refractivity contribution in [1.82, 2.24) is 0 Å². The molecule has 0 atom stereocenters. The summed E-state index contributed by atoms with van der Waals surface area (Å²) in [6.07, 6.45) is 0. The van der Waals surface area contributed by atoms with E-state index in [1.165, 1.54) is 0 Å². The van der Waals surface area contributed by atoms with Gasteiger partial charge in [0.25, 0.3) is 0 Å². The fraction of sp³-hybridized carbons (Fsp3) is 0. The summed E-state index contributed by atoms with van der Waals surface area (Å²) in [4.78, 5) is 0. The first-order valence-electron chi connectivity index (χ1n) is 2.47. The Morgan fingerprint density at radius 1 is 1.60 bits per heavy atom. The second kappa shape index (κ2) is 3.41. The van der Waals surface area contributed by atoms with E-state index in [1.54, 1.807) is 17.4 Å². The Hall–Kier alpha value is -0.770. The third-order valence-electron chi connectivity index (χ3n) is 0.830. The van der Waals surface area contributed by atoms with E-state index in [2.05, 4.69) is 27.8 Å². The molecule has 0 N–H and O–H groups in total. The van der Waals surface area contributed by atoms with Crippen LogP contribution in [0.25, 0.3) is 0 Å². The minimum Gasteiger partial charge on any atom is -0.183 e. The number of nitrogens with zero attached hydrogens (tertiary/aromatic N) is 1. The molecule has 0 spiro atoms. The zero-order chi connectivity index (χ0) is 7.40. The topological polar surface area (TPSA) is 23.8 Å². The maximum absolute atomic E-state index is 8.10. The number of hydrogen-bond donors (Lipinski definition) is 0. The van der Waals surface area contributed by atoms with Crippen LogP contribution in [0.1, 0.15) is 5.56 Å². The number of hydrogen-bond acceptors (Lipinski definition) is 2. The largest absolute Gasteiger partial charge is 0.183 e. The highest BCUT2D eigenvalue weighted by molar-refractivity contribution is 9.11. The molecule has 1 aromatic heterocycles. The molecule has 1 heterocycles. The third kappa shape index (κ3) is 1.88. The van der Waals surface area contributed by atoms with Gasteiger partial charge < -0.3 is 0 Å². The van der Waals surface area contributed by atoms with Crippen LogP contribution in [0.4, 0.5) is 0 Å². The van der Waals surface area contributed by atoms with Crippen molar-refractivity contribution < 1.29 is 0 Å². The number of rotatable bonds is 0. The Labute approximate surface area is 71.4 Å². The second-order valence-electron chi connectivity index (χ2n) is 1.50. The van der Waals surface area contributed by atoms with Gasteiger partial charge in [0.05, 0.1) is 3.79 Å². The Morgan fingerprint density at radius 3 is 2.90 bits per heavy atom. The van der Waals surface area contributed by atoms with Crippen molar-refractivity contribution in [1.29, 1.82) is 5.26 Å². The highest BCUT2D eigenvalue weighted by Gasteiger charge is 1.90. The lowest BCUT2D eigenvalue weighted by atomic mass is 10.3. The monoisotopic (exact) mass is 211 g/mol. The zero-order valence-corrected chi connectivity index (χ0v) is 7.29. The van der Waals surface area contributed by atoms with Crippen LogP contribution in [0.15, 0.2) is 15.2 Å². The maximum Gasteiger partial charge on any atom is 0.152 e. The Balaban J connectivity index is 2.89. The van der Waals surface area contributed by atoms with Gasteiger partial charge in [-0.25, -0.2) is 0 Å². The molecular formula is C7H2BrNS. The van der Waals surface area contributed by atoms with E-state index in [1.807, 2.05) is 11.4 Å². The minimum absolute atomic E-state index is 0.887. The van der Waals surface area contributed by atoms with Gasteiger partial charge in [-0.05, 0) is 27.9 Å². The van der Waals surface area contributed by atoms with Crippen LogP contribution in [0.3, 0.4) is 0 Å². The lowest BCUT2D eigenvalue weighted by Gasteiger charge is -1.70. The van der Waals surface area contributed by atoms with Gasteiger partial charge in [-0.1, -0.05) is 0 Å². The predicted octanol–water partition coefficient (Wildman–Crippen LogP) is 2.39. The second-order valence-corrected chi connectivity index (χ2v) is 3.79. The first-order valence-corrected chi connectivity index (χ1v) is 4.14. The van der Waals surface area contributed by atoms with Crippen molar-refractivity contribution in [2.24, 2.45) is 0 Å². The van der Waals surface area contributed by atoms with Gasteiger partial charge in [0, 0.05) is 16.9 Å². The summed E-state index contributed by atoms with van der Waals surface area (Å²) >= 11 is 4.85. The lowest BCUT2D eigenvalue weighted by molar-refractivity contribution is 1.55. The molecule has 0 bridgehead atoms. The van der Waals surface area contributed by atoms with E-state index in [0.717, 1.165) is 9.35 Å². The summed E-state index contributed by atoms with van der Waals surface area (Å²) in [6, 6.07) is 3.64. The molecule has 1 rings (SSSR count). The molecule has 3 heteroatoms. The number of halogens is 1. The van der Waals surface area contributed by atoms with Gasteiger partial charge >= 0.3 is 0 Å². The highest BCUT2D eigenvalue weighted by atomic mass is 79.9. The molecule has 0 aliphatic rings. The van der Waals surface area contributed by atoms with Gasteiger partial charge in [-0.15, -0.1) is 11.3 Å². The third-order valence-corrected chi connectivity index (χ3v) is 2.33. The van der Waals surface area contributed by atoms with Crippen LogP contribution in [0.2, 0.25) is 0 Å². The maximum atomic E-state index is 8.10. The quantitative estimate of drug-likeness (QED) is 0.605. The van der Waals surface area contributed by atoms with Crippen LogP contribution < -0.4 is 0 Å². The van der Waals surface area contributed by atoms with Crippen LogP contribution in [-0.2, 0) is 0 Å². The predicted molar refractivity (Wildman–Crippen MR) is 44.5 cm³/mol. The standard InChI is InChI=1S/C7H2BrNS/c8-7-4-6(5-10-7)2-1-3-9/h4-5H. The van der Waals surface area contributed by atoms with Gasteiger partial charge in [0.1, 0.15) is 0 Å². The Morgan fingerprint density at radius 2 is 2.40 bits per heavy atom. The molecular weight excluding hydrogens is 210 g/mol. The van der Waals surface area contributed by atoms with Crippen molar-refractivity contribution in [2.75, 3.05) is 0 Å². The van der Waals surface area contributed by atoms with Gasteiger partial charge in [0.2, 0.25) is 0 Å². The molecule has 0 unspecified atom stereocenters. The van der Waals surface area contributed by atoms with Crippen molar-refractivity contribution in [3.05, 3.63) is 20.8 Å². The van der Waals surface area contributed by atoms with E-state index in [-0.39, 0.29) is 0 Å². The van der Waals surface area contributed by atoms with Crippen LogP contribution in [-0.4, -0.2) is 0 Å². The molecule has 0 saturated heterocycles. The minimum atomic E-state index is 0.887. The molecule has 0 aliphatic heterocycles. The molecule has 10 heavy (non-hydrogen) atoms. The van der Waals surface area contributed by atoms with Gasteiger partial charge in [-0.3, -0.25) is 0 Å². The summed E-state index contributed by atoms with van der Waals surface area (Å²) < 4.78 is 1.04. The summed E-state index contributed by atoms with van der Waals surface area (Å²) in [5.41, 5.74) is 0.887. The molecule has 0 saturated carbocycles. The fourth-order valence-corrected chi connectivity index (χ4v) is 1.56. The Bertz CT molecular complexity index is 323. The molecule has 48 valence electrons. The van der Waals surface area contributed by atoms with E-state index >= 15 is 0 Å². The highest BCUT2D eigenvalue weighted by Crippen LogP contribution is 2.19. The number of thiophene rings is 1. The average Bonchev–Trinajstić information content (AvgIpc) is 2.31. The smallest absolute Gasteiger partial charge is 0.152 e. The van der Waals surface area contributed by atoms with Crippen molar-refractivity contribution in [3.63, 3.8) is 0 Å². The van der Waals surface area contributed by atoms with Crippen molar-refractivity contribution >= 4 is 27.3 Å². The van der Waals surface area contributed by atoms with E-state index < -0.39 is 0 Å². The number of nitriles is 1.